The van der Waals surface area contributed by atoms with E-state index in [-0.39, 0.29) is 18.1 Å². The van der Waals surface area contributed by atoms with Gasteiger partial charge in [0.05, 0.1) is 18.8 Å². The lowest BCUT2D eigenvalue weighted by atomic mass is 10.1. The van der Waals surface area contributed by atoms with Crippen LogP contribution >= 0.6 is 11.3 Å². The molecule has 1 fully saturated rings. The molecule has 1 aromatic heterocycles. The number of ether oxygens (including phenoxy) is 1. The van der Waals surface area contributed by atoms with Crippen molar-refractivity contribution in [3.05, 3.63) is 57.8 Å². The fraction of sp³-hybridized carbons (Fsp3) is 0.455. The number of nitrogens with zero attached hydrogens (tertiary/aromatic N) is 2. The third-order valence-electron chi connectivity index (χ3n) is 4.71. The number of carbonyl (C=O) groups excluding carboxylic acids is 1. The van der Waals surface area contributed by atoms with E-state index in [0.29, 0.717) is 31.7 Å². The summed E-state index contributed by atoms with van der Waals surface area (Å²) in [6, 6.07) is 9.88. The van der Waals surface area contributed by atoms with Gasteiger partial charge in [-0.05, 0) is 60.9 Å². The maximum absolute atomic E-state index is 12.8. The normalized spacial score (nSPS) is 19.8. The number of thiophene rings is 1. The van der Waals surface area contributed by atoms with E-state index in [1.165, 1.54) is 5.56 Å². The first-order valence-electron chi connectivity index (χ1n) is 10.1. The lowest BCUT2D eigenvalue weighted by Gasteiger charge is -2.35. The molecule has 3 rings (SSSR count). The van der Waals surface area contributed by atoms with Gasteiger partial charge in [-0.15, -0.1) is 0 Å². The number of amides is 1. The minimum absolute atomic E-state index is 0.0668. The molecular formula is C22H30N4O2S. The van der Waals surface area contributed by atoms with E-state index >= 15 is 0 Å². The van der Waals surface area contributed by atoms with Crippen LogP contribution < -0.4 is 10.6 Å². The molecule has 0 spiro atoms. The zero-order valence-corrected chi connectivity index (χ0v) is 18.2. The molecule has 1 amide bonds. The lowest BCUT2D eigenvalue weighted by molar-refractivity contribution is -0.0586. The number of hydrogen-bond donors (Lipinski definition) is 2. The fourth-order valence-corrected chi connectivity index (χ4v) is 4.03. The van der Waals surface area contributed by atoms with Crippen molar-refractivity contribution in [2.75, 3.05) is 19.6 Å². The van der Waals surface area contributed by atoms with Gasteiger partial charge < -0.3 is 20.3 Å². The third-order valence-corrected chi connectivity index (χ3v) is 5.44. The molecule has 1 saturated heterocycles. The summed E-state index contributed by atoms with van der Waals surface area (Å²) in [4.78, 5) is 19.3. The molecule has 1 aromatic carbocycles. The second-order valence-corrected chi connectivity index (χ2v) is 8.12. The summed E-state index contributed by atoms with van der Waals surface area (Å²) in [6.07, 6.45) is 0.146. The van der Waals surface area contributed by atoms with Gasteiger partial charge in [-0.2, -0.15) is 11.3 Å². The van der Waals surface area contributed by atoms with E-state index < -0.39 is 0 Å². The summed E-state index contributed by atoms with van der Waals surface area (Å²) in [7, 11) is 0. The van der Waals surface area contributed by atoms with Gasteiger partial charge in [0.15, 0.2) is 5.96 Å². The zero-order valence-electron chi connectivity index (χ0n) is 17.4. The van der Waals surface area contributed by atoms with E-state index in [4.69, 9.17) is 4.74 Å². The van der Waals surface area contributed by atoms with Crippen molar-refractivity contribution in [1.82, 2.24) is 15.5 Å². The van der Waals surface area contributed by atoms with Gasteiger partial charge in [-0.1, -0.05) is 12.1 Å². The molecular weight excluding hydrogens is 384 g/mol. The number of hydrogen-bond acceptors (Lipinski definition) is 4. The summed E-state index contributed by atoms with van der Waals surface area (Å²) < 4.78 is 5.72. The molecule has 2 unspecified atom stereocenters. The van der Waals surface area contributed by atoms with Gasteiger partial charge in [0.25, 0.3) is 5.91 Å². The Morgan fingerprint density at radius 2 is 1.86 bits per heavy atom. The van der Waals surface area contributed by atoms with Crippen LogP contribution in [0.4, 0.5) is 0 Å². The van der Waals surface area contributed by atoms with Crippen molar-refractivity contribution in [2.24, 2.45) is 4.99 Å². The van der Waals surface area contributed by atoms with Gasteiger partial charge in [0.1, 0.15) is 0 Å². The average Bonchev–Trinajstić information content (AvgIpc) is 3.23. The minimum Gasteiger partial charge on any atom is -0.372 e. The van der Waals surface area contributed by atoms with Crippen molar-refractivity contribution in [3.8, 4) is 0 Å². The number of guanidine groups is 1. The molecule has 0 bridgehead atoms. The molecule has 2 N–H and O–H groups in total. The van der Waals surface area contributed by atoms with Gasteiger partial charge >= 0.3 is 0 Å². The van der Waals surface area contributed by atoms with Crippen LogP contribution in [0.1, 0.15) is 42.3 Å². The van der Waals surface area contributed by atoms with Crippen LogP contribution in [-0.4, -0.2) is 48.6 Å². The lowest BCUT2D eigenvalue weighted by Crippen LogP contribution is -2.48. The van der Waals surface area contributed by atoms with Crippen LogP contribution in [-0.2, 0) is 17.8 Å². The van der Waals surface area contributed by atoms with E-state index in [1.54, 1.807) is 11.3 Å². The predicted octanol–water partition coefficient (Wildman–Crippen LogP) is 3.25. The molecule has 2 heterocycles. The van der Waals surface area contributed by atoms with Crippen molar-refractivity contribution >= 4 is 23.2 Å². The Balaban J connectivity index is 1.56. The molecule has 0 radical (unpaired) electrons. The maximum atomic E-state index is 12.8. The Kier molecular flexibility index (Phi) is 7.66. The van der Waals surface area contributed by atoms with E-state index in [2.05, 4.69) is 39.4 Å². The van der Waals surface area contributed by atoms with Crippen LogP contribution in [0, 0.1) is 0 Å². The van der Waals surface area contributed by atoms with Gasteiger partial charge in [-0.25, -0.2) is 4.99 Å². The van der Waals surface area contributed by atoms with Crippen molar-refractivity contribution in [1.29, 1.82) is 0 Å². The predicted molar refractivity (Wildman–Crippen MR) is 118 cm³/mol. The molecule has 0 saturated carbocycles. The first-order chi connectivity index (χ1) is 14.0. The molecule has 1 aliphatic heterocycles. The van der Waals surface area contributed by atoms with E-state index in [1.807, 2.05) is 43.0 Å². The first kappa shape index (κ1) is 21.3. The topological polar surface area (TPSA) is 66.0 Å². The number of carbonyl (C=O) groups is 1. The molecule has 2 aromatic rings. The van der Waals surface area contributed by atoms with E-state index in [0.717, 1.165) is 18.1 Å². The Bertz CT molecular complexity index is 795. The quantitative estimate of drug-likeness (QED) is 0.563. The number of rotatable bonds is 6. The number of aliphatic imine (C=N–C) groups is 1. The largest absolute Gasteiger partial charge is 0.372 e. The Morgan fingerprint density at radius 3 is 2.48 bits per heavy atom. The highest BCUT2D eigenvalue weighted by Crippen LogP contribution is 2.15. The van der Waals surface area contributed by atoms with Crippen LogP contribution in [0.3, 0.4) is 0 Å². The van der Waals surface area contributed by atoms with Crippen LogP contribution in [0.2, 0.25) is 0 Å². The summed E-state index contributed by atoms with van der Waals surface area (Å²) in [5, 5.41) is 10.8. The van der Waals surface area contributed by atoms with Crippen molar-refractivity contribution in [2.45, 2.75) is 46.1 Å². The molecule has 156 valence electrons. The molecule has 0 aliphatic carbocycles. The van der Waals surface area contributed by atoms with Gasteiger partial charge in [-0.3, -0.25) is 4.79 Å². The van der Waals surface area contributed by atoms with Gasteiger partial charge in [0.2, 0.25) is 0 Å². The molecule has 1 aliphatic rings. The second kappa shape index (κ2) is 10.4. The molecule has 7 heteroatoms. The first-order valence-corrected chi connectivity index (χ1v) is 11.1. The Labute approximate surface area is 177 Å². The van der Waals surface area contributed by atoms with Crippen molar-refractivity contribution in [3.63, 3.8) is 0 Å². The monoisotopic (exact) mass is 414 g/mol. The Morgan fingerprint density at radius 1 is 1.14 bits per heavy atom. The highest BCUT2D eigenvalue weighted by molar-refractivity contribution is 7.07. The summed E-state index contributed by atoms with van der Waals surface area (Å²) in [6.45, 7) is 9.45. The van der Waals surface area contributed by atoms with Crippen molar-refractivity contribution < 1.29 is 9.53 Å². The smallest absolute Gasteiger partial charge is 0.254 e. The minimum atomic E-state index is 0.0668. The number of benzene rings is 1. The highest BCUT2D eigenvalue weighted by Gasteiger charge is 2.26. The number of nitrogens with one attached hydrogen (secondary N) is 2. The van der Waals surface area contributed by atoms with Crippen LogP contribution in [0.15, 0.2) is 46.1 Å². The Hall–Kier alpha value is -2.38. The zero-order chi connectivity index (χ0) is 20.6. The van der Waals surface area contributed by atoms with Gasteiger partial charge in [0, 0.05) is 31.7 Å². The maximum Gasteiger partial charge on any atom is 0.254 e. The van der Waals surface area contributed by atoms with Crippen LogP contribution in [0.25, 0.3) is 0 Å². The summed E-state index contributed by atoms with van der Waals surface area (Å²) in [5.74, 6) is 0.854. The average molecular weight is 415 g/mol. The molecule has 2 atom stereocenters. The molecule has 29 heavy (non-hydrogen) atoms. The fourth-order valence-electron chi connectivity index (χ4n) is 3.37. The third kappa shape index (κ3) is 6.30. The molecule has 6 nitrogen and oxygen atoms in total. The van der Waals surface area contributed by atoms with Crippen LogP contribution in [0.5, 0.6) is 0 Å². The van der Waals surface area contributed by atoms with E-state index in [9.17, 15) is 4.79 Å². The summed E-state index contributed by atoms with van der Waals surface area (Å²) >= 11 is 1.68. The highest BCUT2D eigenvalue weighted by atomic mass is 32.1. The SMILES string of the molecule is CCNC(=NCc1ccsc1)NCc1ccc(C(=O)N2CC(C)OC(C)C2)cc1. The second-order valence-electron chi connectivity index (χ2n) is 7.34. The number of morpholine rings is 1. The summed E-state index contributed by atoms with van der Waals surface area (Å²) in [5.41, 5.74) is 3.03. The standard InChI is InChI=1S/C22H30N4O2S/c1-4-23-22(25-12-19-9-10-29-15-19)24-11-18-5-7-20(8-6-18)21(27)26-13-16(2)28-17(3)14-26/h5-10,15-17H,4,11-14H2,1-3H3,(H2,23,24,25).